The van der Waals surface area contributed by atoms with E-state index in [9.17, 15) is 4.79 Å². The zero-order valence-electron chi connectivity index (χ0n) is 18.7. The molecule has 170 valence electrons. The van der Waals surface area contributed by atoms with Crippen LogP contribution in [0.4, 0.5) is 5.69 Å². The van der Waals surface area contributed by atoms with Crippen molar-refractivity contribution in [1.29, 1.82) is 0 Å². The number of carbonyl (C=O) groups is 1. The first-order valence-electron chi connectivity index (χ1n) is 11.0. The minimum absolute atomic E-state index is 0.293. The largest absolute Gasteiger partial charge is 0.378 e. The van der Waals surface area contributed by atoms with Crippen LogP contribution in [0.25, 0.3) is 28.2 Å². The number of imidazole rings is 1. The van der Waals surface area contributed by atoms with Gasteiger partial charge in [0.05, 0.1) is 30.5 Å². The predicted molar refractivity (Wildman–Crippen MR) is 128 cm³/mol. The Hall–Kier alpha value is -3.23. The van der Waals surface area contributed by atoms with Gasteiger partial charge < -0.3 is 14.2 Å². The average Bonchev–Trinajstić information content (AvgIpc) is 3.45. The van der Waals surface area contributed by atoms with Crippen molar-refractivity contribution in [3.63, 3.8) is 0 Å². The molecular formula is C24H25ClN6O2. The van der Waals surface area contributed by atoms with E-state index in [1.807, 2.05) is 42.7 Å². The first kappa shape index (κ1) is 21.6. The highest BCUT2D eigenvalue weighted by molar-refractivity contribution is 6.17. The molecule has 1 aliphatic rings. The van der Waals surface area contributed by atoms with Crippen molar-refractivity contribution < 1.29 is 9.53 Å². The lowest BCUT2D eigenvalue weighted by Gasteiger charge is -2.29. The van der Waals surface area contributed by atoms with Crippen molar-refractivity contribution >= 4 is 34.7 Å². The van der Waals surface area contributed by atoms with Crippen LogP contribution in [-0.2, 0) is 17.2 Å². The summed E-state index contributed by atoms with van der Waals surface area (Å²) in [6.07, 6.45) is 0.813. The molecule has 4 aromatic rings. The van der Waals surface area contributed by atoms with E-state index in [4.69, 9.17) is 31.4 Å². The van der Waals surface area contributed by atoms with E-state index in [-0.39, 0.29) is 0 Å². The van der Waals surface area contributed by atoms with Crippen molar-refractivity contribution in [2.24, 2.45) is 0 Å². The van der Waals surface area contributed by atoms with Gasteiger partial charge in [-0.2, -0.15) is 5.10 Å². The number of fused-ring (bicyclic) bond motifs is 1. The van der Waals surface area contributed by atoms with Gasteiger partial charge in [-0.1, -0.05) is 23.8 Å². The summed E-state index contributed by atoms with van der Waals surface area (Å²) >= 11 is 6.20. The van der Waals surface area contributed by atoms with Crippen LogP contribution in [0.2, 0.25) is 0 Å². The van der Waals surface area contributed by atoms with E-state index in [0.29, 0.717) is 37.2 Å². The Morgan fingerprint density at radius 1 is 1.15 bits per heavy atom. The Kier molecular flexibility index (Phi) is 5.86. The summed E-state index contributed by atoms with van der Waals surface area (Å²) < 4.78 is 9.18. The molecule has 1 saturated heterocycles. The van der Waals surface area contributed by atoms with Gasteiger partial charge in [-0.25, -0.2) is 14.6 Å². The Bertz CT molecular complexity index is 1320. The maximum absolute atomic E-state index is 12.0. The number of halogens is 1. The van der Waals surface area contributed by atoms with Gasteiger partial charge in [0.2, 0.25) is 0 Å². The van der Waals surface area contributed by atoms with Crippen LogP contribution in [0, 0.1) is 6.92 Å². The normalized spacial score (nSPS) is 14.2. The fourth-order valence-electron chi connectivity index (χ4n) is 4.30. The zero-order chi connectivity index (χ0) is 22.9. The SMILES string of the molecule is CCn1c(CCl)nc2c(N3CCOCC3)cc(-n3nc(-c4cccc(C)c4)cc3C=O)nc21. The molecule has 0 aliphatic carbocycles. The second kappa shape index (κ2) is 8.96. The number of anilines is 1. The van der Waals surface area contributed by atoms with Crippen molar-refractivity contribution in [2.75, 3.05) is 31.2 Å². The van der Waals surface area contributed by atoms with Crippen LogP contribution < -0.4 is 4.90 Å². The van der Waals surface area contributed by atoms with Gasteiger partial charge in [0.15, 0.2) is 17.8 Å². The molecule has 4 heterocycles. The molecule has 1 fully saturated rings. The van der Waals surface area contributed by atoms with Gasteiger partial charge in [0, 0.05) is 31.3 Å². The topological polar surface area (TPSA) is 78.1 Å². The fraction of sp³-hybridized carbons (Fsp3) is 0.333. The second-order valence-corrected chi connectivity index (χ2v) is 8.30. The number of rotatable bonds is 6. The second-order valence-electron chi connectivity index (χ2n) is 8.03. The molecule has 0 saturated carbocycles. The van der Waals surface area contributed by atoms with Gasteiger partial charge in [-0.15, -0.1) is 11.6 Å². The highest BCUT2D eigenvalue weighted by atomic mass is 35.5. The van der Waals surface area contributed by atoms with Crippen molar-refractivity contribution in [3.8, 4) is 17.1 Å². The third kappa shape index (κ3) is 3.89. The van der Waals surface area contributed by atoms with E-state index in [2.05, 4.69) is 11.0 Å². The van der Waals surface area contributed by atoms with E-state index in [1.54, 1.807) is 10.7 Å². The molecule has 0 amide bonds. The molecule has 0 atom stereocenters. The number of pyridine rings is 1. The predicted octanol–water partition coefficient (Wildman–Crippen LogP) is 4.00. The van der Waals surface area contributed by atoms with Crippen molar-refractivity contribution in [1.82, 2.24) is 24.3 Å². The van der Waals surface area contributed by atoms with Crippen molar-refractivity contribution in [3.05, 3.63) is 53.5 Å². The number of aromatic nitrogens is 5. The summed E-state index contributed by atoms with van der Waals surface area (Å²) in [6, 6.07) is 11.8. The number of ether oxygens (including phenoxy) is 1. The van der Waals surface area contributed by atoms with E-state index in [1.165, 1.54) is 0 Å². The smallest absolute Gasteiger partial charge is 0.168 e. The lowest BCUT2D eigenvalue weighted by Crippen LogP contribution is -2.36. The van der Waals surface area contributed by atoms with Crippen molar-refractivity contribution in [2.45, 2.75) is 26.3 Å². The maximum Gasteiger partial charge on any atom is 0.168 e. The Balaban J connectivity index is 1.72. The van der Waals surface area contributed by atoms with Gasteiger partial charge >= 0.3 is 0 Å². The molecule has 0 N–H and O–H groups in total. The minimum Gasteiger partial charge on any atom is -0.378 e. The van der Waals surface area contributed by atoms with E-state index in [0.717, 1.165) is 58.9 Å². The standard InChI is InChI=1S/C24H25ClN6O2/c1-3-30-22(14-25)26-23-20(29-7-9-33-10-8-29)13-21(27-24(23)30)31-18(15-32)12-19(28-31)17-6-4-5-16(2)11-17/h4-6,11-13,15H,3,7-10,14H2,1-2H3. The van der Waals surface area contributed by atoms with E-state index >= 15 is 0 Å². The maximum atomic E-state index is 12.0. The van der Waals surface area contributed by atoms with Crippen LogP contribution in [0.5, 0.6) is 0 Å². The molecule has 5 rings (SSSR count). The molecule has 0 spiro atoms. The number of nitrogens with zero attached hydrogens (tertiary/aromatic N) is 6. The molecule has 8 nitrogen and oxygen atoms in total. The molecule has 1 aromatic carbocycles. The van der Waals surface area contributed by atoms with Crippen LogP contribution in [-0.4, -0.2) is 56.9 Å². The van der Waals surface area contributed by atoms with Crippen LogP contribution in [0.1, 0.15) is 28.8 Å². The minimum atomic E-state index is 0.293. The first-order valence-corrected chi connectivity index (χ1v) is 11.6. The Labute approximate surface area is 196 Å². The number of hydrogen-bond acceptors (Lipinski definition) is 6. The number of aryl methyl sites for hydroxylation is 2. The highest BCUT2D eigenvalue weighted by Crippen LogP contribution is 2.31. The number of aldehydes is 1. The lowest BCUT2D eigenvalue weighted by atomic mass is 10.1. The number of benzene rings is 1. The molecule has 0 radical (unpaired) electrons. The molecule has 0 unspecified atom stereocenters. The molecule has 1 aliphatic heterocycles. The Morgan fingerprint density at radius 2 is 1.97 bits per heavy atom. The third-order valence-electron chi connectivity index (χ3n) is 5.92. The highest BCUT2D eigenvalue weighted by Gasteiger charge is 2.23. The van der Waals surface area contributed by atoms with Crippen LogP contribution >= 0.6 is 11.6 Å². The van der Waals surface area contributed by atoms with Crippen LogP contribution in [0.15, 0.2) is 36.4 Å². The zero-order valence-corrected chi connectivity index (χ0v) is 19.4. The third-order valence-corrected chi connectivity index (χ3v) is 6.16. The Morgan fingerprint density at radius 3 is 2.67 bits per heavy atom. The molecular weight excluding hydrogens is 440 g/mol. The summed E-state index contributed by atoms with van der Waals surface area (Å²) in [5, 5.41) is 4.76. The number of hydrogen-bond donors (Lipinski definition) is 0. The first-order chi connectivity index (χ1) is 16.1. The summed E-state index contributed by atoms with van der Waals surface area (Å²) in [5.74, 6) is 1.63. The molecule has 33 heavy (non-hydrogen) atoms. The van der Waals surface area contributed by atoms with Gasteiger partial charge in [0.1, 0.15) is 17.0 Å². The van der Waals surface area contributed by atoms with Gasteiger partial charge in [0.25, 0.3) is 0 Å². The summed E-state index contributed by atoms with van der Waals surface area (Å²) in [7, 11) is 0. The number of morpholine rings is 1. The lowest BCUT2D eigenvalue weighted by molar-refractivity contribution is 0.111. The summed E-state index contributed by atoms with van der Waals surface area (Å²) in [5.41, 5.74) is 5.72. The molecule has 9 heteroatoms. The quantitative estimate of drug-likeness (QED) is 0.317. The number of carbonyl (C=O) groups excluding carboxylic acids is 1. The summed E-state index contributed by atoms with van der Waals surface area (Å²) in [6.45, 7) is 7.56. The van der Waals surface area contributed by atoms with Gasteiger partial charge in [-0.3, -0.25) is 4.79 Å². The fourth-order valence-corrected chi connectivity index (χ4v) is 4.51. The number of alkyl halides is 1. The molecule has 0 bridgehead atoms. The van der Waals surface area contributed by atoms with Crippen LogP contribution in [0.3, 0.4) is 0 Å². The van der Waals surface area contributed by atoms with E-state index < -0.39 is 0 Å². The summed E-state index contributed by atoms with van der Waals surface area (Å²) in [4.78, 5) is 23.9. The van der Waals surface area contributed by atoms with Gasteiger partial charge in [-0.05, 0) is 26.0 Å². The monoisotopic (exact) mass is 464 g/mol. The molecule has 3 aromatic heterocycles. The average molecular weight is 465 g/mol.